The fourth-order valence-corrected chi connectivity index (χ4v) is 4.03. The highest BCUT2D eigenvalue weighted by Gasteiger charge is 2.18. The first-order chi connectivity index (χ1) is 11.7. The third-order valence-corrected chi connectivity index (χ3v) is 5.35. The maximum Gasteiger partial charge on any atom is 0.253 e. The van der Waals surface area contributed by atoms with E-state index in [1.165, 1.54) is 49.5 Å². The summed E-state index contributed by atoms with van der Waals surface area (Å²) in [5.41, 5.74) is 3.20. The topological polar surface area (TPSA) is 34.0 Å². The van der Waals surface area contributed by atoms with Gasteiger partial charge in [-0.15, -0.1) is 0 Å². The molecule has 1 fully saturated rings. The molecule has 0 atom stereocenters. The second-order valence-electron chi connectivity index (χ2n) is 7.27. The van der Waals surface area contributed by atoms with Gasteiger partial charge in [0.05, 0.1) is 5.56 Å². The maximum atomic E-state index is 12.8. The number of carbonyl (C=O) groups is 1. The molecule has 1 aliphatic carbocycles. The van der Waals surface area contributed by atoms with E-state index in [2.05, 4.69) is 42.9 Å². The van der Waals surface area contributed by atoms with Crippen LogP contribution < -0.4 is 10.8 Å². The molecule has 0 unspecified atom stereocenters. The normalized spacial score (nSPS) is 16.2. The van der Waals surface area contributed by atoms with Gasteiger partial charge in [0, 0.05) is 30.2 Å². The number of benzene rings is 1. The average Bonchev–Trinajstić information content (AvgIpc) is 2.77. The first-order valence-electron chi connectivity index (χ1n) is 9.57. The Morgan fingerprint density at radius 3 is 2.71 bits per heavy atom. The SMILES string of the molecule is Bc1cccc2c1c(C(=O)NCC1CCCCCC1)cn2CCC. The number of amides is 1. The molecule has 2 aromatic rings. The quantitative estimate of drug-likeness (QED) is 0.666. The van der Waals surface area contributed by atoms with Gasteiger partial charge in [-0.1, -0.05) is 50.2 Å². The van der Waals surface area contributed by atoms with Crippen LogP contribution in [0.3, 0.4) is 0 Å². The molecule has 0 saturated heterocycles. The second kappa shape index (κ2) is 7.91. The van der Waals surface area contributed by atoms with Crippen molar-refractivity contribution >= 4 is 30.1 Å². The summed E-state index contributed by atoms with van der Waals surface area (Å²) in [5, 5.41) is 4.33. The van der Waals surface area contributed by atoms with E-state index in [0.29, 0.717) is 5.92 Å². The summed E-state index contributed by atoms with van der Waals surface area (Å²) in [7, 11) is 2.10. The molecule has 0 radical (unpaired) electrons. The van der Waals surface area contributed by atoms with E-state index in [1.807, 2.05) is 6.20 Å². The Bertz CT molecular complexity index is 699. The van der Waals surface area contributed by atoms with Gasteiger partial charge in [0.2, 0.25) is 0 Å². The molecule has 1 saturated carbocycles. The van der Waals surface area contributed by atoms with Crippen LogP contribution in [0.2, 0.25) is 0 Å². The molecule has 0 spiro atoms. The van der Waals surface area contributed by atoms with Gasteiger partial charge in [-0.25, -0.2) is 0 Å². The fourth-order valence-electron chi connectivity index (χ4n) is 4.03. The van der Waals surface area contributed by atoms with Gasteiger partial charge in [0.15, 0.2) is 0 Å². The number of aromatic nitrogens is 1. The molecule has 1 aromatic heterocycles. The fraction of sp³-hybridized carbons (Fsp3) is 0.550. The highest BCUT2D eigenvalue weighted by molar-refractivity contribution is 6.40. The maximum absolute atomic E-state index is 12.8. The zero-order chi connectivity index (χ0) is 16.9. The monoisotopic (exact) mass is 324 g/mol. The largest absolute Gasteiger partial charge is 0.352 e. The molecule has 1 N–H and O–H groups in total. The Balaban J connectivity index is 1.78. The smallest absolute Gasteiger partial charge is 0.253 e. The number of hydrogen-bond acceptors (Lipinski definition) is 1. The summed E-state index contributed by atoms with van der Waals surface area (Å²) in [4.78, 5) is 12.8. The van der Waals surface area contributed by atoms with Crippen LogP contribution in [0.15, 0.2) is 24.4 Å². The van der Waals surface area contributed by atoms with Gasteiger partial charge >= 0.3 is 0 Å². The van der Waals surface area contributed by atoms with Gasteiger partial charge in [-0.05, 0) is 31.2 Å². The minimum Gasteiger partial charge on any atom is -0.352 e. The van der Waals surface area contributed by atoms with E-state index in [-0.39, 0.29) is 5.91 Å². The van der Waals surface area contributed by atoms with E-state index in [0.717, 1.165) is 30.5 Å². The number of nitrogens with zero attached hydrogens (tertiary/aromatic N) is 1. The third-order valence-electron chi connectivity index (χ3n) is 5.35. The van der Waals surface area contributed by atoms with Crippen LogP contribution in [0.4, 0.5) is 0 Å². The van der Waals surface area contributed by atoms with Crippen molar-refractivity contribution in [1.29, 1.82) is 0 Å². The predicted molar refractivity (Wildman–Crippen MR) is 104 cm³/mol. The molecule has 3 nitrogen and oxygen atoms in total. The van der Waals surface area contributed by atoms with Crippen LogP contribution in [0.25, 0.3) is 10.9 Å². The highest BCUT2D eigenvalue weighted by Crippen LogP contribution is 2.23. The molecule has 3 rings (SSSR count). The van der Waals surface area contributed by atoms with Crippen LogP contribution in [0.5, 0.6) is 0 Å². The molecule has 4 heteroatoms. The number of fused-ring (bicyclic) bond motifs is 1. The zero-order valence-electron chi connectivity index (χ0n) is 15.1. The summed E-state index contributed by atoms with van der Waals surface area (Å²) >= 11 is 0. The van der Waals surface area contributed by atoms with Crippen molar-refractivity contribution in [3.05, 3.63) is 30.0 Å². The van der Waals surface area contributed by atoms with Gasteiger partial charge in [-0.2, -0.15) is 0 Å². The van der Waals surface area contributed by atoms with Crippen molar-refractivity contribution in [3.63, 3.8) is 0 Å². The summed E-state index contributed by atoms with van der Waals surface area (Å²) in [6.07, 6.45) is 11.0. The first kappa shape index (κ1) is 17.1. The van der Waals surface area contributed by atoms with Crippen molar-refractivity contribution in [3.8, 4) is 0 Å². The lowest BCUT2D eigenvalue weighted by Gasteiger charge is -2.14. The standard InChI is InChI=1S/C20H29BN2O/c1-2-12-23-14-16(19-17(21)10-7-11-18(19)23)20(24)22-13-15-8-5-3-4-6-9-15/h7,10-11,14-15H,2-6,8-9,12-13,21H2,1H3,(H,22,24). The number of carbonyl (C=O) groups excluding carboxylic acids is 1. The Labute approximate surface area is 146 Å². The molecule has 1 amide bonds. The Morgan fingerprint density at radius 1 is 1.25 bits per heavy atom. The molecule has 0 aliphatic heterocycles. The van der Waals surface area contributed by atoms with Crippen molar-refractivity contribution in [2.24, 2.45) is 5.92 Å². The zero-order valence-corrected chi connectivity index (χ0v) is 15.1. The van der Waals surface area contributed by atoms with E-state index < -0.39 is 0 Å². The van der Waals surface area contributed by atoms with Crippen molar-refractivity contribution in [2.75, 3.05) is 6.54 Å². The van der Waals surface area contributed by atoms with Crippen molar-refractivity contribution < 1.29 is 4.79 Å². The van der Waals surface area contributed by atoms with Crippen molar-refractivity contribution in [2.45, 2.75) is 58.4 Å². The van der Waals surface area contributed by atoms with E-state index in [4.69, 9.17) is 0 Å². The Hall–Kier alpha value is -1.71. The number of rotatable bonds is 5. The lowest BCUT2D eigenvalue weighted by atomic mass is 9.90. The van der Waals surface area contributed by atoms with Gasteiger partial charge in [-0.3, -0.25) is 4.79 Å². The minimum absolute atomic E-state index is 0.0911. The molecule has 0 bridgehead atoms. The first-order valence-corrected chi connectivity index (χ1v) is 9.57. The summed E-state index contributed by atoms with van der Waals surface area (Å²) in [5.74, 6) is 0.745. The van der Waals surface area contributed by atoms with Gasteiger partial charge in [0.25, 0.3) is 5.91 Å². The minimum atomic E-state index is 0.0911. The number of hydrogen-bond donors (Lipinski definition) is 1. The van der Waals surface area contributed by atoms with E-state index >= 15 is 0 Å². The Morgan fingerprint density at radius 2 is 2.00 bits per heavy atom. The lowest BCUT2D eigenvalue weighted by Crippen LogP contribution is -2.29. The molecule has 1 heterocycles. The second-order valence-corrected chi connectivity index (χ2v) is 7.27. The van der Waals surface area contributed by atoms with Gasteiger partial charge in [0.1, 0.15) is 7.85 Å². The van der Waals surface area contributed by atoms with Crippen molar-refractivity contribution in [1.82, 2.24) is 9.88 Å². The van der Waals surface area contributed by atoms with E-state index in [1.54, 1.807) is 0 Å². The molecule has 24 heavy (non-hydrogen) atoms. The average molecular weight is 324 g/mol. The lowest BCUT2D eigenvalue weighted by molar-refractivity contribution is 0.0947. The van der Waals surface area contributed by atoms with Gasteiger partial charge < -0.3 is 9.88 Å². The van der Waals surface area contributed by atoms with Crippen LogP contribution in [-0.2, 0) is 6.54 Å². The molecule has 128 valence electrons. The van der Waals surface area contributed by atoms with Crippen LogP contribution in [0, 0.1) is 5.92 Å². The number of nitrogens with one attached hydrogen (secondary N) is 1. The summed E-state index contributed by atoms with van der Waals surface area (Å²) < 4.78 is 2.23. The predicted octanol–water partition coefficient (Wildman–Crippen LogP) is 3.01. The summed E-state index contributed by atoms with van der Waals surface area (Å²) in [6, 6.07) is 6.30. The van der Waals surface area contributed by atoms with Crippen LogP contribution in [-0.4, -0.2) is 24.9 Å². The van der Waals surface area contributed by atoms with Crippen LogP contribution >= 0.6 is 0 Å². The molecule has 1 aliphatic rings. The molecular formula is C20H29BN2O. The summed E-state index contributed by atoms with van der Waals surface area (Å²) in [6.45, 7) is 3.95. The van der Waals surface area contributed by atoms with Crippen LogP contribution in [0.1, 0.15) is 62.2 Å². The molecule has 1 aromatic carbocycles. The number of aryl methyl sites for hydroxylation is 1. The Kier molecular flexibility index (Phi) is 5.65. The highest BCUT2D eigenvalue weighted by atomic mass is 16.1. The third kappa shape index (κ3) is 3.68. The molecular weight excluding hydrogens is 295 g/mol. The van der Waals surface area contributed by atoms with E-state index in [9.17, 15) is 4.79 Å².